The summed E-state index contributed by atoms with van der Waals surface area (Å²) in [7, 11) is 3.10. The smallest absolute Gasteiger partial charge is 0.262 e. The summed E-state index contributed by atoms with van der Waals surface area (Å²) >= 11 is 0.981. The molecule has 1 aromatic heterocycles. The van der Waals surface area contributed by atoms with E-state index in [-0.39, 0.29) is 10.6 Å². The van der Waals surface area contributed by atoms with Crippen LogP contribution in [0.2, 0.25) is 0 Å². The van der Waals surface area contributed by atoms with Gasteiger partial charge in [-0.15, -0.1) is 0 Å². The van der Waals surface area contributed by atoms with Crippen molar-refractivity contribution >= 4 is 23.1 Å². The lowest BCUT2D eigenvalue weighted by atomic mass is 10.1. The Kier molecular flexibility index (Phi) is 3.57. The van der Waals surface area contributed by atoms with Crippen LogP contribution in [0.25, 0.3) is 11.3 Å². The molecule has 0 unspecified atom stereocenters. The third-order valence-corrected chi connectivity index (χ3v) is 3.49. The van der Waals surface area contributed by atoms with Crippen LogP contribution in [-0.2, 0) is 0 Å². The number of nitrogen functional groups attached to an aromatic ring is 1. The number of ether oxygens (including phenoxy) is 2. The standard InChI is InChI=1S/C12H13N3O3S/c1-17-7-4-3-6(5-8(7)18-2)10-9(13)11(12(14)16)19-15-10/h3-5H,13H2,1-2H3,(H2,14,16). The normalized spacial score (nSPS) is 10.2. The highest BCUT2D eigenvalue weighted by Gasteiger charge is 2.17. The first kappa shape index (κ1) is 13.2. The maximum Gasteiger partial charge on any atom is 0.262 e. The third-order valence-electron chi connectivity index (χ3n) is 2.61. The van der Waals surface area contributed by atoms with E-state index in [4.69, 9.17) is 20.9 Å². The number of carbonyl (C=O) groups excluding carboxylic acids is 1. The first-order chi connectivity index (χ1) is 9.08. The van der Waals surface area contributed by atoms with Crippen LogP contribution in [0, 0.1) is 0 Å². The maximum atomic E-state index is 11.2. The fraction of sp³-hybridized carbons (Fsp3) is 0.167. The Hall–Kier alpha value is -2.28. The third kappa shape index (κ3) is 2.32. The molecule has 19 heavy (non-hydrogen) atoms. The van der Waals surface area contributed by atoms with Crippen LogP contribution < -0.4 is 20.9 Å². The minimum atomic E-state index is -0.582. The van der Waals surface area contributed by atoms with Crippen molar-refractivity contribution in [2.45, 2.75) is 0 Å². The van der Waals surface area contributed by atoms with E-state index in [0.717, 1.165) is 17.1 Å². The van der Waals surface area contributed by atoms with Crippen molar-refractivity contribution in [2.24, 2.45) is 5.73 Å². The maximum absolute atomic E-state index is 11.2. The summed E-state index contributed by atoms with van der Waals surface area (Å²) < 4.78 is 14.5. The molecule has 0 aliphatic heterocycles. The van der Waals surface area contributed by atoms with Crippen LogP contribution in [0.3, 0.4) is 0 Å². The fourth-order valence-electron chi connectivity index (χ4n) is 1.67. The molecule has 4 N–H and O–H groups in total. The van der Waals surface area contributed by atoms with Gasteiger partial charge in [-0.3, -0.25) is 4.79 Å². The molecule has 0 bridgehead atoms. The molecule has 0 aliphatic carbocycles. The summed E-state index contributed by atoms with van der Waals surface area (Å²) in [6, 6.07) is 5.28. The van der Waals surface area contributed by atoms with E-state index < -0.39 is 5.91 Å². The highest BCUT2D eigenvalue weighted by Crippen LogP contribution is 2.36. The summed E-state index contributed by atoms with van der Waals surface area (Å²) in [5.74, 6) is 0.588. The number of amides is 1. The van der Waals surface area contributed by atoms with Crippen molar-refractivity contribution < 1.29 is 14.3 Å². The lowest BCUT2D eigenvalue weighted by Gasteiger charge is -2.08. The van der Waals surface area contributed by atoms with Gasteiger partial charge in [0, 0.05) is 5.56 Å². The predicted molar refractivity (Wildman–Crippen MR) is 73.6 cm³/mol. The molecule has 0 saturated carbocycles. The first-order valence-electron chi connectivity index (χ1n) is 5.35. The minimum Gasteiger partial charge on any atom is -0.493 e. The Bertz CT molecular complexity index is 625. The average Bonchev–Trinajstić information content (AvgIpc) is 2.80. The lowest BCUT2D eigenvalue weighted by Crippen LogP contribution is -2.10. The quantitative estimate of drug-likeness (QED) is 0.883. The van der Waals surface area contributed by atoms with E-state index in [1.807, 2.05) is 0 Å². The van der Waals surface area contributed by atoms with Gasteiger partial charge in [-0.1, -0.05) is 0 Å². The number of methoxy groups -OCH3 is 2. The molecule has 1 aromatic carbocycles. The molecule has 7 heteroatoms. The highest BCUT2D eigenvalue weighted by atomic mass is 32.1. The second kappa shape index (κ2) is 5.15. The van der Waals surface area contributed by atoms with E-state index in [0.29, 0.717) is 17.2 Å². The Labute approximate surface area is 114 Å². The molecule has 0 fully saturated rings. The number of hydrogen-bond donors (Lipinski definition) is 2. The van der Waals surface area contributed by atoms with Crippen molar-refractivity contribution in [1.82, 2.24) is 4.37 Å². The number of anilines is 1. The molecule has 1 heterocycles. The summed E-state index contributed by atoms with van der Waals surface area (Å²) in [5, 5.41) is 0. The second-order valence-corrected chi connectivity index (χ2v) is 4.48. The van der Waals surface area contributed by atoms with Crippen molar-refractivity contribution in [1.29, 1.82) is 0 Å². The summed E-state index contributed by atoms with van der Waals surface area (Å²) in [6.07, 6.45) is 0. The Morgan fingerprint density at radius 3 is 2.47 bits per heavy atom. The number of rotatable bonds is 4. The summed E-state index contributed by atoms with van der Waals surface area (Å²) in [4.78, 5) is 11.4. The van der Waals surface area contributed by atoms with E-state index in [2.05, 4.69) is 4.37 Å². The second-order valence-electron chi connectivity index (χ2n) is 3.71. The Morgan fingerprint density at radius 2 is 1.95 bits per heavy atom. The molecule has 100 valence electrons. The van der Waals surface area contributed by atoms with Gasteiger partial charge in [-0.25, -0.2) is 0 Å². The SMILES string of the molecule is COc1ccc(-c2nsc(C(N)=O)c2N)cc1OC. The molecule has 0 saturated heterocycles. The number of nitrogens with two attached hydrogens (primary N) is 2. The zero-order valence-electron chi connectivity index (χ0n) is 10.5. The van der Waals surface area contributed by atoms with Crippen LogP contribution >= 0.6 is 11.5 Å². The Morgan fingerprint density at radius 1 is 1.26 bits per heavy atom. The first-order valence-corrected chi connectivity index (χ1v) is 6.13. The molecule has 0 radical (unpaired) electrons. The number of hydrogen-bond acceptors (Lipinski definition) is 6. The van der Waals surface area contributed by atoms with Crippen LogP contribution in [0.5, 0.6) is 11.5 Å². The molecule has 2 rings (SSSR count). The number of carbonyl (C=O) groups is 1. The zero-order valence-corrected chi connectivity index (χ0v) is 11.3. The lowest BCUT2D eigenvalue weighted by molar-refractivity contribution is 0.100. The molecule has 0 spiro atoms. The van der Waals surface area contributed by atoms with Gasteiger partial charge in [0.25, 0.3) is 5.91 Å². The van der Waals surface area contributed by atoms with Crippen LogP contribution in [0.1, 0.15) is 9.67 Å². The summed E-state index contributed by atoms with van der Waals surface area (Å²) in [6.45, 7) is 0. The number of aromatic nitrogens is 1. The molecule has 1 amide bonds. The van der Waals surface area contributed by atoms with Gasteiger partial charge < -0.3 is 20.9 Å². The molecule has 6 nitrogen and oxygen atoms in total. The van der Waals surface area contributed by atoms with E-state index in [9.17, 15) is 4.79 Å². The molecule has 2 aromatic rings. The van der Waals surface area contributed by atoms with Crippen LogP contribution in [0.15, 0.2) is 18.2 Å². The highest BCUT2D eigenvalue weighted by molar-refractivity contribution is 7.09. The van der Waals surface area contributed by atoms with Crippen molar-refractivity contribution in [2.75, 3.05) is 20.0 Å². The van der Waals surface area contributed by atoms with Gasteiger partial charge in [-0.2, -0.15) is 4.37 Å². The topological polar surface area (TPSA) is 100 Å². The van der Waals surface area contributed by atoms with Crippen molar-refractivity contribution in [3.05, 3.63) is 23.1 Å². The average molecular weight is 279 g/mol. The van der Waals surface area contributed by atoms with Crippen LogP contribution in [-0.4, -0.2) is 24.5 Å². The number of benzene rings is 1. The van der Waals surface area contributed by atoms with E-state index in [1.165, 1.54) is 0 Å². The monoisotopic (exact) mass is 279 g/mol. The van der Waals surface area contributed by atoms with Gasteiger partial charge in [0.05, 0.1) is 19.9 Å². The molecule has 0 atom stereocenters. The number of nitrogens with zero attached hydrogens (tertiary/aromatic N) is 1. The van der Waals surface area contributed by atoms with Crippen molar-refractivity contribution in [3.8, 4) is 22.8 Å². The van der Waals surface area contributed by atoms with Crippen molar-refractivity contribution in [3.63, 3.8) is 0 Å². The van der Waals surface area contributed by atoms with Crippen LogP contribution in [0.4, 0.5) is 5.69 Å². The predicted octanol–water partition coefficient (Wildman–Crippen LogP) is 1.51. The largest absolute Gasteiger partial charge is 0.493 e. The van der Waals surface area contributed by atoms with Gasteiger partial charge in [0.2, 0.25) is 0 Å². The van der Waals surface area contributed by atoms with Gasteiger partial charge >= 0.3 is 0 Å². The van der Waals surface area contributed by atoms with E-state index >= 15 is 0 Å². The van der Waals surface area contributed by atoms with E-state index in [1.54, 1.807) is 32.4 Å². The molecular weight excluding hydrogens is 266 g/mol. The molecular formula is C12H13N3O3S. The number of primary amides is 1. The van der Waals surface area contributed by atoms with Gasteiger partial charge in [0.15, 0.2) is 11.5 Å². The summed E-state index contributed by atoms with van der Waals surface area (Å²) in [5.41, 5.74) is 12.6. The Balaban J connectivity index is 2.50. The minimum absolute atomic E-state index is 0.254. The van der Waals surface area contributed by atoms with Gasteiger partial charge in [-0.05, 0) is 29.7 Å². The fourth-order valence-corrected chi connectivity index (χ4v) is 2.34. The van der Waals surface area contributed by atoms with Gasteiger partial charge in [0.1, 0.15) is 10.6 Å². The molecule has 0 aliphatic rings. The zero-order chi connectivity index (χ0) is 14.0.